The number of nitrogens with one attached hydrogen (secondary N) is 1. The van der Waals surface area contributed by atoms with Gasteiger partial charge in [0.05, 0.1) is 0 Å². The molecule has 0 fully saturated rings. The van der Waals surface area contributed by atoms with Gasteiger partial charge in [0.15, 0.2) is 0 Å². The smallest absolute Gasteiger partial charge is 0.309 e. The van der Waals surface area contributed by atoms with Crippen LogP contribution in [0.4, 0.5) is 0 Å². The summed E-state index contributed by atoms with van der Waals surface area (Å²) < 4.78 is 0. The predicted molar refractivity (Wildman–Crippen MR) is 56.9 cm³/mol. The first-order valence-electron chi connectivity index (χ1n) is 4.79. The van der Waals surface area contributed by atoms with Gasteiger partial charge < -0.3 is 11.1 Å². The highest BCUT2D eigenvalue weighted by Crippen LogP contribution is 2.04. The van der Waals surface area contributed by atoms with Gasteiger partial charge in [-0.2, -0.15) is 0 Å². The zero-order chi connectivity index (χ0) is 11.3. The van der Waals surface area contributed by atoms with E-state index in [0.717, 1.165) is 12.0 Å². The molecule has 0 unspecified atom stereocenters. The average Bonchev–Trinajstić information content (AvgIpc) is 2.26. The quantitative estimate of drug-likeness (QED) is 0.700. The van der Waals surface area contributed by atoms with Gasteiger partial charge in [-0.15, -0.1) is 0 Å². The van der Waals surface area contributed by atoms with Crippen LogP contribution in [0.2, 0.25) is 0 Å². The Labute approximate surface area is 88.5 Å². The van der Waals surface area contributed by atoms with Gasteiger partial charge in [0.2, 0.25) is 0 Å². The molecule has 0 spiro atoms. The van der Waals surface area contributed by atoms with Crippen LogP contribution in [-0.2, 0) is 22.6 Å². The van der Waals surface area contributed by atoms with E-state index in [0.29, 0.717) is 6.54 Å². The highest BCUT2D eigenvalue weighted by Gasteiger charge is 2.06. The Morgan fingerprint density at radius 2 is 1.73 bits per heavy atom. The number of primary amides is 1. The Kier molecular flexibility index (Phi) is 3.85. The molecule has 80 valence electrons. The first kappa shape index (κ1) is 11.2. The van der Waals surface area contributed by atoms with Crippen LogP contribution in [0.3, 0.4) is 0 Å². The van der Waals surface area contributed by atoms with Crippen LogP contribution in [0.15, 0.2) is 24.3 Å². The highest BCUT2D eigenvalue weighted by atomic mass is 16.2. The second-order valence-corrected chi connectivity index (χ2v) is 3.22. The number of hydrogen-bond donors (Lipinski definition) is 2. The van der Waals surface area contributed by atoms with Crippen molar-refractivity contribution in [1.29, 1.82) is 0 Å². The molecule has 0 aliphatic carbocycles. The van der Waals surface area contributed by atoms with Gasteiger partial charge in [-0.05, 0) is 17.5 Å². The first-order valence-corrected chi connectivity index (χ1v) is 4.79. The molecule has 0 aliphatic heterocycles. The third kappa shape index (κ3) is 3.42. The standard InChI is InChI=1S/C11H14N2O2/c1-2-8-3-5-9(6-4-8)7-13-11(15)10(12)14/h3-6H,2,7H2,1H3,(H2,12,14)(H,13,15). The molecule has 0 atom stereocenters. The van der Waals surface area contributed by atoms with E-state index in [1.54, 1.807) is 0 Å². The molecule has 0 bridgehead atoms. The molecule has 0 saturated carbocycles. The molecule has 1 rings (SSSR count). The van der Waals surface area contributed by atoms with Crippen molar-refractivity contribution in [2.24, 2.45) is 5.73 Å². The van der Waals surface area contributed by atoms with Gasteiger partial charge in [-0.25, -0.2) is 0 Å². The predicted octanol–water partition coefficient (Wildman–Crippen LogP) is 0.350. The van der Waals surface area contributed by atoms with Crippen LogP contribution in [0.1, 0.15) is 18.1 Å². The van der Waals surface area contributed by atoms with Crippen molar-refractivity contribution in [3.63, 3.8) is 0 Å². The van der Waals surface area contributed by atoms with Crippen LogP contribution >= 0.6 is 0 Å². The molecule has 2 amide bonds. The molecule has 0 aliphatic rings. The maximum atomic E-state index is 10.9. The number of carbonyl (C=O) groups excluding carboxylic acids is 2. The van der Waals surface area contributed by atoms with Crippen LogP contribution in [0, 0.1) is 0 Å². The maximum absolute atomic E-state index is 10.9. The third-order valence-electron chi connectivity index (χ3n) is 2.11. The molecule has 3 N–H and O–H groups in total. The molecule has 0 aromatic heterocycles. The summed E-state index contributed by atoms with van der Waals surface area (Å²) in [6.45, 7) is 2.40. The van der Waals surface area contributed by atoms with Crippen molar-refractivity contribution in [3.8, 4) is 0 Å². The summed E-state index contributed by atoms with van der Waals surface area (Å²) in [6, 6.07) is 7.82. The summed E-state index contributed by atoms with van der Waals surface area (Å²) >= 11 is 0. The van der Waals surface area contributed by atoms with Crippen LogP contribution in [0.5, 0.6) is 0 Å². The zero-order valence-electron chi connectivity index (χ0n) is 8.62. The minimum atomic E-state index is -0.958. The Morgan fingerprint density at radius 3 is 2.20 bits per heavy atom. The van der Waals surface area contributed by atoms with Crippen LogP contribution < -0.4 is 11.1 Å². The summed E-state index contributed by atoms with van der Waals surface area (Å²) in [5.41, 5.74) is 6.98. The maximum Gasteiger partial charge on any atom is 0.309 e. The van der Waals surface area contributed by atoms with E-state index in [2.05, 4.69) is 12.2 Å². The fourth-order valence-corrected chi connectivity index (χ4v) is 1.16. The number of rotatable bonds is 3. The Balaban J connectivity index is 2.51. The number of amides is 2. The summed E-state index contributed by atoms with van der Waals surface area (Å²) in [7, 11) is 0. The van der Waals surface area contributed by atoms with E-state index in [1.165, 1.54) is 5.56 Å². The highest BCUT2D eigenvalue weighted by molar-refractivity contribution is 6.34. The van der Waals surface area contributed by atoms with E-state index in [-0.39, 0.29) is 0 Å². The molecule has 0 saturated heterocycles. The number of aryl methyl sites for hydroxylation is 1. The SMILES string of the molecule is CCc1ccc(CNC(=O)C(N)=O)cc1. The van der Waals surface area contributed by atoms with Crippen molar-refractivity contribution in [3.05, 3.63) is 35.4 Å². The summed E-state index contributed by atoms with van der Waals surface area (Å²) in [6.07, 6.45) is 0.980. The van der Waals surface area contributed by atoms with Gasteiger partial charge in [0.25, 0.3) is 0 Å². The fraction of sp³-hybridized carbons (Fsp3) is 0.273. The second-order valence-electron chi connectivity index (χ2n) is 3.22. The molecule has 1 aromatic rings. The Morgan fingerprint density at radius 1 is 1.20 bits per heavy atom. The van der Waals surface area contributed by atoms with Crippen molar-refractivity contribution in [2.75, 3.05) is 0 Å². The summed E-state index contributed by atoms with van der Waals surface area (Å²) in [4.78, 5) is 21.3. The van der Waals surface area contributed by atoms with Crippen LogP contribution in [-0.4, -0.2) is 11.8 Å². The lowest BCUT2D eigenvalue weighted by atomic mass is 10.1. The Hall–Kier alpha value is -1.84. The van der Waals surface area contributed by atoms with E-state index in [9.17, 15) is 9.59 Å². The van der Waals surface area contributed by atoms with Gasteiger partial charge in [-0.1, -0.05) is 31.2 Å². The lowest BCUT2D eigenvalue weighted by molar-refractivity contribution is -0.137. The summed E-state index contributed by atoms with van der Waals surface area (Å²) in [5, 5.41) is 2.42. The average molecular weight is 206 g/mol. The monoisotopic (exact) mass is 206 g/mol. The van der Waals surface area contributed by atoms with Crippen LogP contribution in [0.25, 0.3) is 0 Å². The number of nitrogens with two attached hydrogens (primary N) is 1. The van der Waals surface area contributed by atoms with Gasteiger partial charge in [0, 0.05) is 6.54 Å². The number of benzene rings is 1. The minimum absolute atomic E-state index is 0.325. The normalized spacial score (nSPS) is 9.67. The van der Waals surface area contributed by atoms with Gasteiger partial charge >= 0.3 is 11.8 Å². The molecular weight excluding hydrogens is 192 g/mol. The largest absolute Gasteiger partial charge is 0.361 e. The number of hydrogen-bond acceptors (Lipinski definition) is 2. The minimum Gasteiger partial charge on any atom is -0.361 e. The van der Waals surface area contributed by atoms with Crippen molar-refractivity contribution < 1.29 is 9.59 Å². The molecule has 4 heteroatoms. The van der Waals surface area contributed by atoms with Gasteiger partial charge in [0.1, 0.15) is 0 Å². The molecular formula is C11H14N2O2. The van der Waals surface area contributed by atoms with Crippen molar-refractivity contribution in [1.82, 2.24) is 5.32 Å². The lowest BCUT2D eigenvalue weighted by Crippen LogP contribution is -2.35. The van der Waals surface area contributed by atoms with E-state index >= 15 is 0 Å². The van der Waals surface area contributed by atoms with Crippen molar-refractivity contribution >= 4 is 11.8 Å². The van der Waals surface area contributed by atoms with E-state index in [4.69, 9.17) is 5.73 Å². The fourth-order valence-electron chi connectivity index (χ4n) is 1.16. The third-order valence-corrected chi connectivity index (χ3v) is 2.11. The second kappa shape index (κ2) is 5.14. The topological polar surface area (TPSA) is 72.2 Å². The van der Waals surface area contributed by atoms with Gasteiger partial charge in [-0.3, -0.25) is 9.59 Å². The number of carbonyl (C=O) groups is 2. The molecule has 4 nitrogen and oxygen atoms in total. The molecule has 1 aromatic carbocycles. The van der Waals surface area contributed by atoms with Crippen molar-refractivity contribution in [2.45, 2.75) is 19.9 Å². The van der Waals surface area contributed by atoms with E-state index in [1.807, 2.05) is 24.3 Å². The Bertz CT molecular complexity index is 357. The molecule has 15 heavy (non-hydrogen) atoms. The first-order chi connectivity index (χ1) is 7.13. The lowest BCUT2D eigenvalue weighted by Gasteiger charge is -2.03. The summed E-state index contributed by atoms with van der Waals surface area (Å²) in [5.74, 6) is -1.71. The zero-order valence-corrected chi connectivity index (χ0v) is 8.62. The molecule has 0 radical (unpaired) electrons. The van der Waals surface area contributed by atoms with E-state index < -0.39 is 11.8 Å². The molecule has 0 heterocycles.